The lowest BCUT2D eigenvalue weighted by molar-refractivity contribution is 0.0342. The van der Waals surface area contributed by atoms with Crippen molar-refractivity contribution in [2.75, 3.05) is 7.11 Å². The summed E-state index contributed by atoms with van der Waals surface area (Å²) in [5, 5.41) is 0.407. The van der Waals surface area contributed by atoms with Crippen LogP contribution in [0.15, 0.2) is 44.0 Å². The Bertz CT molecular complexity index is 993. The molecule has 0 bridgehead atoms. The fraction of sp³-hybridized carbons (Fsp3) is 0.263. The number of hydrogen-bond donors (Lipinski definition) is 0. The molecule has 0 aliphatic rings. The van der Waals surface area contributed by atoms with Gasteiger partial charge < -0.3 is 18.3 Å². The van der Waals surface area contributed by atoms with Gasteiger partial charge in [-0.25, -0.2) is 4.79 Å². The van der Waals surface area contributed by atoms with Gasteiger partial charge in [-0.3, -0.25) is 4.79 Å². The van der Waals surface area contributed by atoms with E-state index < -0.39 is 5.97 Å². The van der Waals surface area contributed by atoms with Gasteiger partial charge in [-0.1, -0.05) is 0 Å². The summed E-state index contributed by atoms with van der Waals surface area (Å²) >= 11 is 0. The lowest BCUT2D eigenvalue weighted by atomic mass is 10.1. The Labute approximate surface area is 144 Å². The maximum Gasteiger partial charge on any atom is 0.374 e. The van der Waals surface area contributed by atoms with E-state index in [1.54, 1.807) is 52.1 Å². The van der Waals surface area contributed by atoms with E-state index in [1.807, 2.05) is 0 Å². The van der Waals surface area contributed by atoms with Gasteiger partial charge >= 0.3 is 5.97 Å². The highest BCUT2D eigenvalue weighted by Gasteiger charge is 2.20. The summed E-state index contributed by atoms with van der Waals surface area (Å²) in [5.74, 6) is 0.717. The molecular formula is C19H18O6. The van der Waals surface area contributed by atoms with Crippen molar-refractivity contribution in [1.29, 1.82) is 0 Å². The molecule has 3 rings (SSSR count). The van der Waals surface area contributed by atoms with E-state index in [1.165, 1.54) is 6.07 Å². The fourth-order valence-electron chi connectivity index (χ4n) is 2.55. The van der Waals surface area contributed by atoms with Crippen molar-refractivity contribution in [3.8, 4) is 17.1 Å². The number of ether oxygens (including phenoxy) is 2. The topological polar surface area (TPSA) is 78.9 Å². The average molecular weight is 342 g/mol. The zero-order chi connectivity index (χ0) is 18.1. The Morgan fingerprint density at radius 3 is 2.56 bits per heavy atom. The Hall–Kier alpha value is -3.02. The number of carbonyl (C=O) groups is 1. The maximum atomic E-state index is 12.8. The molecule has 0 spiro atoms. The Morgan fingerprint density at radius 2 is 1.88 bits per heavy atom. The third kappa shape index (κ3) is 3.15. The first-order valence-electron chi connectivity index (χ1n) is 7.83. The van der Waals surface area contributed by atoms with Crippen LogP contribution in [0.1, 0.15) is 30.2 Å². The van der Waals surface area contributed by atoms with Crippen LogP contribution in [0.3, 0.4) is 0 Å². The molecular weight excluding hydrogens is 324 g/mol. The van der Waals surface area contributed by atoms with E-state index in [2.05, 4.69) is 0 Å². The molecule has 0 N–H and O–H groups in total. The van der Waals surface area contributed by atoms with Crippen LogP contribution < -0.4 is 10.2 Å². The molecule has 0 atom stereocenters. The van der Waals surface area contributed by atoms with Crippen LogP contribution in [-0.2, 0) is 4.74 Å². The molecule has 6 nitrogen and oxygen atoms in total. The number of benzene rings is 1. The predicted octanol–water partition coefficient (Wildman–Crippen LogP) is 3.94. The standard InChI is InChI=1S/C19H18O6/c1-10(2)23-19(21)15-8-7-14(25-15)17-11(3)24-16-9-12(22-4)5-6-13(16)18(17)20/h5-10H,1-4H3. The molecule has 25 heavy (non-hydrogen) atoms. The van der Waals surface area contributed by atoms with Crippen LogP contribution in [0, 0.1) is 6.92 Å². The summed E-state index contributed by atoms with van der Waals surface area (Å²) in [6.07, 6.45) is -0.261. The number of rotatable bonds is 4. The first kappa shape index (κ1) is 16.8. The van der Waals surface area contributed by atoms with Gasteiger partial charge in [-0.05, 0) is 45.0 Å². The zero-order valence-electron chi connectivity index (χ0n) is 14.4. The highest BCUT2D eigenvalue weighted by molar-refractivity contribution is 5.88. The van der Waals surface area contributed by atoms with E-state index >= 15 is 0 Å². The number of hydrogen-bond acceptors (Lipinski definition) is 6. The molecule has 2 heterocycles. The van der Waals surface area contributed by atoms with Crippen LogP contribution in [0.25, 0.3) is 22.3 Å². The average Bonchev–Trinajstić information content (AvgIpc) is 3.03. The summed E-state index contributed by atoms with van der Waals surface area (Å²) in [6, 6.07) is 8.02. The minimum Gasteiger partial charge on any atom is -0.497 e. The number of fused-ring (bicyclic) bond motifs is 1. The summed E-state index contributed by atoms with van der Waals surface area (Å²) in [6.45, 7) is 5.17. The smallest absolute Gasteiger partial charge is 0.374 e. The van der Waals surface area contributed by atoms with E-state index in [0.717, 1.165) is 0 Å². The van der Waals surface area contributed by atoms with Gasteiger partial charge in [0, 0.05) is 6.07 Å². The SMILES string of the molecule is COc1ccc2c(=O)c(-c3ccc(C(=O)OC(C)C)o3)c(C)oc2c1. The summed E-state index contributed by atoms with van der Waals surface area (Å²) < 4.78 is 21.5. The van der Waals surface area contributed by atoms with Crippen LogP contribution in [-0.4, -0.2) is 19.2 Å². The van der Waals surface area contributed by atoms with E-state index in [-0.39, 0.29) is 28.6 Å². The second kappa shape index (κ2) is 6.47. The number of methoxy groups -OCH3 is 1. The molecule has 130 valence electrons. The molecule has 0 aliphatic heterocycles. The molecule has 0 saturated heterocycles. The van der Waals surface area contributed by atoms with Gasteiger partial charge in [0.15, 0.2) is 0 Å². The molecule has 3 aromatic rings. The molecule has 0 saturated carbocycles. The first-order chi connectivity index (χ1) is 11.9. The van der Waals surface area contributed by atoms with E-state index in [0.29, 0.717) is 22.5 Å². The van der Waals surface area contributed by atoms with Gasteiger partial charge in [-0.2, -0.15) is 0 Å². The fourth-order valence-corrected chi connectivity index (χ4v) is 2.55. The van der Waals surface area contributed by atoms with Gasteiger partial charge in [0.05, 0.1) is 18.6 Å². The van der Waals surface area contributed by atoms with Crippen molar-refractivity contribution >= 4 is 16.9 Å². The van der Waals surface area contributed by atoms with Gasteiger partial charge in [0.2, 0.25) is 11.2 Å². The monoisotopic (exact) mass is 342 g/mol. The highest BCUT2D eigenvalue weighted by Crippen LogP contribution is 2.27. The van der Waals surface area contributed by atoms with Gasteiger partial charge in [0.1, 0.15) is 28.4 Å². The molecule has 0 amide bonds. The Kier molecular flexibility index (Phi) is 4.35. The van der Waals surface area contributed by atoms with Crippen molar-refractivity contribution in [1.82, 2.24) is 0 Å². The number of carbonyl (C=O) groups excluding carboxylic acids is 1. The third-order valence-corrected chi connectivity index (χ3v) is 3.67. The van der Waals surface area contributed by atoms with Crippen LogP contribution in [0.5, 0.6) is 5.75 Å². The second-order valence-electron chi connectivity index (χ2n) is 5.84. The minimum absolute atomic E-state index is 0.0392. The van der Waals surface area contributed by atoms with Crippen LogP contribution in [0.4, 0.5) is 0 Å². The van der Waals surface area contributed by atoms with Crippen molar-refractivity contribution in [2.24, 2.45) is 0 Å². The van der Waals surface area contributed by atoms with Crippen LogP contribution >= 0.6 is 0 Å². The molecule has 6 heteroatoms. The maximum absolute atomic E-state index is 12.8. The number of aryl methyl sites for hydroxylation is 1. The summed E-state index contributed by atoms with van der Waals surface area (Å²) in [4.78, 5) is 24.8. The number of furan rings is 1. The van der Waals surface area contributed by atoms with E-state index in [9.17, 15) is 9.59 Å². The lowest BCUT2D eigenvalue weighted by Gasteiger charge is -2.07. The van der Waals surface area contributed by atoms with Crippen LogP contribution in [0.2, 0.25) is 0 Å². The van der Waals surface area contributed by atoms with E-state index in [4.69, 9.17) is 18.3 Å². The van der Waals surface area contributed by atoms with Crippen molar-refractivity contribution in [2.45, 2.75) is 26.9 Å². The molecule has 0 radical (unpaired) electrons. The number of esters is 1. The molecule has 1 aromatic carbocycles. The minimum atomic E-state index is -0.575. The largest absolute Gasteiger partial charge is 0.497 e. The van der Waals surface area contributed by atoms with Gasteiger partial charge in [0.25, 0.3) is 0 Å². The summed E-state index contributed by atoms with van der Waals surface area (Å²) in [5.41, 5.74) is 0.470. The second-order valence-corrected chi connectivity index (χ2v) is 5.84. The Balaban J connectivity index is 2.09. The molecule has 0 unspecified atom stereocenters. The zero-order valence-corrected chi connectivity index (χ0v) is 14.4. The lowest BCUT2D eigenvalue weighted by Crippen LogP contribution is -2.10. The Morgan fingerprint density at radius 1 is 1.12 bits per heavy atom. The first-order valence-corrected chi connectivity index (χ1v) is 7.83. The van der Waals surface area contributed by atoms with Crippen molar-refractivity contribution < 1.29 is 23.1 Å². The normalized spacial score (nSPS) is 11.1. The van der Waals surface area contributed by atoms with Gasteiger partial charge in [-0.15, -0.1) is 0 Å². The molecule has 2 aromatic heterocycles. The quantitative estimate of drug-likeness (QED) is 0.668. The van der Waals surface area contributed by atoms with Crippen molar-refractivity contribution in [3.05, 3.63) is 52.1 Å². The molecule has 0 aliphatic carbocycles. The summed E-state index contributed by atoms with van der Waals surface area (Å²) in [7, 11) is 1.54. The highest BCUT2D eigenvalue weighted by atomic mass is 16.6. The predicted molar refractivity (Wildman–Crippen MR) is 92.0 cm³/mol. The third-order valence-electron chi connectivity index (χ3n) is 3.67. The van der Waals surface area contributed by atoms with Crippen molar-refractivity contribution in [3.63, 3.8) is 0 Å². The molecule has 0 fully saturated rings.